The molecule has 2 aromatic heterocycles. The molecule has 0 saturated heterocycles. The van der Waals surface area contributed by atoms with Crippen LogP contribution in [0.1, 0.15) is 84.6 Å². The van der Waals surface area contributed by atoms with Gasteiger partial charge in [-0.1, -0.05) is 226 Å². The zero-order valence-corrected chi connectivity index (χ0v) is 50.0. The van der Waals surface area contributed by atoms with E-state index in [4.69, 9.17) is 9.72 Å². The summed E-state index contributed by atoms with van der Waals surface area (Å²) >= 11 is 0. The molecule has 0 radical (unpaired) electrons. The minimum atomic E-state index is -0.188. The summed E-state index contributed by atoms with van der Waals surface area (Å²) in [5, 5.41) is 2.29. The molecule has 0 atom stereocenters. The van der Waals surface area contributed by atoms with E-state index in [1.807, 2.05) is 6.20 Å². The minimum Gasteiger partial charge on any atom is -0.457 e. The highest BCUT2D eigenvalue weighted by Crippen LogP contribution is 2.52. The Balaban J connectivity index is 0.920. The van der Waals surface area contributed by atoms with E-state index in [2.05, 4.69) is 320 Å². The molecule has 1 aliphatic rings. The number of para-hydroxylation sites is 3. The first-order valence-corrected chi connectivity index (χ1v) is 29.5. The molecule has 5 nitrogen and oxygen atoms in total. The molecule has 0 spiro atoms. The van der Waals surface area contributed by atoms with Crippen LogP contribution in [0, 0.1) is 6.92 Å². The van der Waals surface area contributed by atoms with Gasteiger partial charge in [0.1, 0.15) is 24.0 Å². The van der Waals surface area contributed by atoms with Crippen molar-refractivity contribution >= 4 is 44.6 Å². The molecule has 10 aromatic carbocycles. The number of nitrogens with zero attached hydrogens (tertiary/aromatic N) is 4. The second-order valence-corrected chi connectivity index (χ2v) is 25.8. The molecule has 84 heavy (non-hydrogen) atoms. The van der Waals surface area contributed by atoms with Gasteiger partial charge in [-0.05, 0) is 145 Å². The van der Waals surface area contributed by atoms with Crippen LogP contribution in [0.4, 0.5) is 22.7 Å². The third kappa shape index (κ3) is 10.2. The molecule has 0 bridgehead atoms. The number of pyridine rings is 1. The highest BCUT2D eigenvalue weighted by Gasteiger charge is 2.33. The van der Waals surface area contributed by atoms with Crippen LogP contribution in [0.5, 0.6) is 11.5 Å². The van der Waals surface area contributed by atoms with E-state index in [0.29, 0.717) is 6.67 Å². The van der Waals surface area contributed by atoms with Crippen LogP contribution >= 0.6 is 0 Å². The van der Waals surface area contributed by atoms with Gasteiger partial charge in [-0.3, -0.25) is 4.57 Å². The maximum absolute atomic E-state index is 7.20. The largest absolute Gasteiger partial charge is 0.457 e. The first kappa shape index (κ1) is 53.8. The molecule has 0 aliphatic carbocycles. The SMILES string of the molecule is Cc1cc(-n2c3ccc(-c4ccc(C(C)(C)C)cc4)cc3c3ccc(Oc4cc(N5CN(c6c(-c7ccc(C(C)(C)C)cc7)cccc6-c6cccc(-c7ccccc7)c6)c6ccccc65)cc(C(C)(C)C)c4)cc32)ncc1-c1ccccc1. The van der Waals surface area contributed by atoms with Gasteiger partial charge in [0.25, 0.3) is 0 Å². The van der Waals surface area contributed by atoms with Crippen molar-refractivity contribution in [2.24, 2.45) is 0 Å². The Bertz CT molecular complexity index is 4420. The standard InChI is InChI=1S/C79H72N4O/c1-52-43-75(80-50-70(52)55-23-15-12-16-24-55)83-71-42-35-58(54-31-36-60(37-32-54)77(2,3)4)45-69(71)68-41-40-64(49-74(68)83)84-65-47-62(79(8,9)10)46-63(48-65)81-51-82(73-30-18-17-29-72(73)81)76-66(56-33-38-61(39-34-56)78(5,6)7)27-20-28-67(76)59-26-19-25-57(44-59)53-21-13-11-14-22-53/h11-50H,51H2,1-10H3. The molecule has 3 heterocycles. The van der Waals surface area contributed by atoms with E-state index in [-0.39, 0.29) is 16.2 Å². The minimum absolute atomic E-state index is 0.0313. The highest BCUT2D eigenvalue weighted by atomic mass is 16.5. The van der Waals surface area contributed by atoms with Gasteiger partial charge < -0.3 is 14.5 Å². The van der Waals surface area contributed by atoms with E-state index in [9.17, 15) is 0 Å². The average Bonchev–Trinajstić information content (AvgIpc) is 4.18. The summed E-state index contributed by atoms with van der Waals surface area (Å²) in [4.78, 5) is 10.2. The number of rotatable bonds is 10. The predicted octanol–water partition coefficient (Wildman–Crippen LogP) is 21.8. The molecule has 1 aliphatic heterocycles. The molecular weight excluding hydrogens is 1020 g/mol. The van der Waals surface area contributed by atoms with Crippen LogP contribution in [0.3, 0.4) is 0 Å². The molecule has 0 unspecified atom stereocenters. The summed E-state index contributed by atoms with van der Waals surface area (Å²) in [6.07, 6.45) is 2.02. The Morgan fingerprint density at radius 2 is 0.905 bits per heavy atom. The Morgan fingerprint density at radius 3 is 1.56 bits per heavy atom. The first-order valence-electron chi connectivity index (χ1n) is 29.5. The van der Waals surface area contributed by atoms with Crippen molar-refractivity contribution in [1.29, 1.82) is 0 Å². The lowest BCUT2D eigenvalue weighted by atomic mass is 9.85. The van der Waals surface area contributed by atoms with Crippen molar-refractivity contribution in [2.45, 2.75) is 85.5 Å². The summed E-state index contributed by atoms with van der Waals surface area (Å²) in [6, 6.07) is 86.6. The zero-order valence-electron chi connectivity index (χ0n) is 50.0. The zero-order chi connectivity index (χ0) is 58.1. The summed E-state index contributed by atoms with van der Waals surface area (Å²) in [5.41, 5.74) is 23.2. The first-order chi connectivity index (χ1) is 40.4. The molecule has 0 N–H and O–H groups in total. The number of hydrogen-bond acceptors (Lipinski definition) is 4. The lowest BCUT2D eigenvalue weighted by Crippen LogP contribution is -2.25. The van der Waals surface area contributed by atoms with Gasteiger partial charge in [0.05, 0.1) is 28.1 Å². The fraction of sp³-hybridized carbons (Fsp3) is 0.177. The Labute approximate surface area is 496 Å². The smallest absolute Gasteiger partial charge is 0.137 e. The Morgan fingerprint density at radius 1 is 0.369 bits per heavy atom. The second kappa shape index (κ2) is 21.1. The predicted molar refractivity (Wildman–Crippen MR) is 355 cm³/mol. The molecule has 5 heteroatoms. The molecule has 414 valence electrons. The van der Waals surface area contributed by atoms with Gasteiger partial charge in [0, 0.05) is 51.5 Å². The summed E-state index contributed by atoms with van der Waals surface area (Å²) in [7, 11) is 0. The van der Waals surface area contributed by atoms with E-state index >= 15 is 0 Å². The summed E-state index contributed by atoms with van der Waals surface area (Å²) < 4.78 is 9.51. The molecular formula is C79H72N4O. The van der Waals surface area contributed by atoms with E-state index < -0.39 is 0 Å². The topological polar surface area (TPSA) is 33.5 Å². The van der Waals surface area contributed by atoms with Crippen LogP contribution < -0.4 is 14.5 Å². The number of benzene rings is 10. The van der Waals surface area contributed by atoms with Crippen molar-refractivity contribution in [3.63, 3.8) is 0 Å². The lowest BCUT2D eigenvalue weighted by molar-refractivity contribution is 0.479. The van der Waals surface area contributed by atoms with Crippen LogP contribution in [-0.2, 0) is 16.2 Å². The van der Waals surface area contributed by atoms with Gasteiger partial charge in [0.15, 0.2) is 0 Å². The average molecular weight is 1090 g/mol. The fourth-order valence-electron chi connectivity index (χ4n) is 12.2. The number of aryl methyl sites for hydroxylation is 1. The third-order valence-electron chi connectivity index (χ3n) is 16.9. The van der Waals surface area contributed by atoms with Crippen LogP contribution in [0.15, 0.2) is 243 Å². The van der Waals surface area contributed by atoms with Crippen molar-refractivity contribution in [1.82, 2.24) is 9.55 Å². The quantitative estimate of drug-likeness (QED) is 0.137. The van der Waals surface area contributed by atoms with Crippen LogP contribution in [0.2, 0.25) is 0 Å². The Hall–Kier alpha value is -9.45. The second-order valence-electron chi connectivity index (χ2n) is 25.8. The molecule has 13 rings (SSSR count). The van der Waals surface area contributed by atoms with E-state index in [0.717, 1.165) is 72.9 Å². The van der Waals surface area contributed by atoms with Crippen molar-refractivity contribution in [2.75, 3.05) is 16.5 Å². The maximum Gasteiger partial charge on any atom is 0.137 e. The number of fused-ring (bicyclic) bond motifs is 4. The summed E-state index contributed by atoms with van der Waals surface area (Å²) in [6.45, 7) is 23.2. The lowest BCUT2D eigenvalue weighted by Gasteiger charge is -2.28. The molecule has 0 fully saturated rings. The van der Waals surface area contributed by atoms with Crippen LogP contribution in [0.25, 0.3) is 83.3 Å². The van der Waals surface area contributed by atoms with Gasteiger partial charge in [-0.15, -0.1) is 0 Å². The fourth-order valence-corrected chi connectivity index (χ4v) is 12.2. The van der Waals surface area contributed by atoms with Gasteiger partial charge in [0.2, 0.25) is 0 Å². The third-order valence-corrected chi connectivity index (χ3v) is 16.9. The molecule has 0 saturated carbocycles. The van der Waals surface area contributed by atoms with Gasteiger partial charge >= 0.3 is 0 Å². The summed E-state index contributed by atoms with van der Waals surface area (Å²) in [5.74, 6) is 2.38. The van der Waals surface area contributed by atoms with Crippen LogP contribution in [-0.4, -0.2) is 16.2 Å². The van der Waals surface area contributed by atoms with Crippen molar-refractivity contribution < 1.29 is 4.74 Å². The number of hydrogen-bond donors (Lipinski definition) is 0. The number of anilines is 4. The molecule has 0 amide bonds. The van der Waals surface area contributed by atoms with E-state index in [1.54, 1.807) is 0 Å². The number of ether oxygens (including phenoxy) is 1. The Kier molecular flexibility index (Phi) is 13.5. The van der Waals surface area contributed by atoms with Gasteiger partial charge in [-0.2, -0.15) is 0 Å². The van der Waals surface area contributed by atoms with Crippen molar-refractivity contribution in [3.8, 4) is 73.0 Å². The highest BCUT2D eigenvalue weighted by molar-refractivity contribution is 6.11. The maximum atomic E-state index is 7.20. The van der Waals surface area contributed by atoms with E-state index in [1.165, 1.54) is 66.9 Å². The monoisotopic (exact) mass is 1090 g/mol. The normalized spacial score (nSPS) is 12.8. The number of aromatic nitrogens is 2. The van der Waals surface area contributed by atoms with Gasteiger partial charge in [-0.25, -0.2) is 4.98 Å². The van der Waals surface area contributed by atoms with Crippen molar-refractivity contribution in [3.05, 3.63) is 265 Å². The molecule has 12 aromatic rings.